The molecular weight excluding hydrogens is 281 g/mol. The number of carbonyl (C=O) groups excluding carboxylic acids is 1. The number of rotatable bonds is 4. The molecule has 2 N–H and O–H groups in total. The van der Waals surface area contributed by atoms with E-state index in [1.807, 2.05) is 0 Å². The van der Waals surface area contributed by atoms with Crippen molar-refractivity contribution in [2.45, 2.75) is 38.5 Å². The summed E-state index contributed by atoms with van der Waals surface area (Å²) in [6.07, 6.45) is 6.11. The molecule has 0 unspecified atom stereocenters. The molecule has 19 heavy (non-hydrogen) atoms. The Balaban J connectivity index is 2.17. The third-order valence-corrected chi connectivity index (χ3v) is 4.68. The van der Waals surface area contributed by atoms with Gasteiger partial charge in [-0.2, -0.15) is 0 Å². The molecule has 0 atom stereocenters. The minimum Gasteiger partial charge on any atom is -0.330 e. The highest BCUT2D eigenvalue weighted by Gasteiger charge is 2.33. The third kappa shape index (κ3) is 3.50. The maximum atomic E-state index is 12.5. The Labute approximate surface area is 124 Å². The number of hydrogen-bond donors (Lipinski definition) is 1. The Morgan fingerprint density at radius 3 is 2.53 bits per heavy atom. The van der Waals surface area contributed by atoms with E-state index in [1.54, 1.807) is 18.2 Å². The van der Waals surface area contributed by atoms with Crippen molar-refractivity contribution in [3.63, 3.8) is 0 Å². The first kappa shape index (κ1) is 14.8. The molecule has 1 aromatic carbocycles. The molecule has 0 aromatic heterocycles. The van der Waals surface area contributed by atoms with E-state index in [-0.39, 0.29) is 11.2 Å². The second-order valence-corrected chi connectivity index (χ2v) is 6.33. The highest BCUT2D eigenvalue weighted by atomic mass is 35.5. The first-order chi connectivity index (χ1) is 9.06. The van der Waals surface area contributed by atoms with Crippen molar-refractivity contribution in [1.82, 2.24) is 0 Å². The van der Waals surface area contributed by atoms with Crippen LogP contribution < -0.4 is 5.73 Å². The van der Waals surface area contributed by atoms with Crippen LogP contribution in [0.25, 0.3) is 0 Å². The van der Waals surface area contributed by atoms with Gasteiger partial charge in [0.25, 0.3) is 0 Å². The molecule has 0 amide bonds. The van der Waals surface area contributed by atoms with Crippen molar-refractivity contribution in [1.29, 1.82) is 0 Å². The Morgan fingerprint density at radius 1 is 1.21 bits per heavy atom. The Morgan fingerprint density at radius 2 is 1.89 bits per heavy atom. The average Bonchev–Trinajstić information content (AvgIpc) is 2.42. The Hall–Kier alpha value is -0.570. The van der Waals surface area contributed by atoms with E-state index in [9.17, 15) is 4.79 Å². The molecule has 4 heteroatoms. The molecule has 0 bridgehead atoms. The summed E-state index contributed by atoms with van der Waals surface area (Å²) in [7, 11) is 0. The maximum Gasteiger partial charge on any atom is 0.165 e. The van der Waals surface area contributed by atoms with Gasteiger partial charge < -0.3 is 5.73 Å². The molecule has 1 saturated carbocycles. The van der Waals surface area contributed by atoms with Gasteiger partial charge in [0, 0.05) is 17.0 Å². The van der Waals surface area contributed by atoms with Crippen LogP contribution in [0.5, 0.6) is 0 Å². The molecule has 1 aliphatic carbocycles. The summed E-state index contributed by atoms with van der Waals surface area (Å²) < 4.78 is 0. The largest absolute Gasteiger partial charge is 0.330 e. The molecule has 2 nitrogen and oxygen atoms in total. The molecule has 0 spiro atoms. The second-order valence-electron chi connectivity index (χ2n) is 5.49. The second kappa shape index (κ2) is 6.25. The van der Waals surface area contributed by atoms with Crippen LogP contribution >= 0.6 is 23.2 Å². The fourth-order valence-electron chi connectivity index (χ4n) is 2.90. The molecule has 0 saturated heterocycles. The number of nitrogens with two attached hydrogens (primary N) is 1. The first-order valence-electron chi connectivity index (χ1n) is 6.75. The number of halogens is 2. The number of hydrogen-bond acceptors (Lipinski definition) is 2. The van der Waals surface area contributed by atoms with Gasteiger partial charge in [0.15, 0.2) is 5.78 Å². The van der Waals surface area contributed by atoms with Gasteiger partial charge in [0.1, 0.15) is 0 Å². The fourth-order valence-corrected chi connectivity index (χ4v) is 3.30. The van der Waals surface area contributed by atoms with Crippen molar-refractivity contribution < 1.29 is 4.79 Å². The molecule has 0 heterocycles. The zero-order valence-electron chi connectivity index (χ0n) is 10.9. The lowest BCUT2D eigenvalue weighted by molar-refractivity contribution is 0.0868. The van der Waals surface area contributed by atoms with Crippen molar-refractivity contribution >= 4 is 29.0 Å². The molecule has 2 rings (SSSR count). The van der Waals surface area contributed by atoms with E-state index in [0.717, 1.165) is 25.7 Å². The molecule has 1 aliphatic rings. The van der Waals surface area contributed by atoms with Crippen molar-refractivity contribution in [2.24, 2.45) is 11.1 Å². The van der Waals surface area contributed by atoms with E-state index < -0.39 is 0 Å². The summed E-state index contributed by atoms with van der Waals surface area (Å²) in [5, 5.41) is 1.01. The van der Waals surface area contributed by atoms with E-state index in [1.165, 1.54) is 6.42 Å². The SMILES string of the molecule is NCC1(CC(=O)c2cc(Cl)ccc2Cl)CCCCC1. The lowest BCUT2D eigenvalue weighted by Crippen LogP contribution is -2.35. The standard InChI is InChI=1S/C15H19Cl2NO/c16-11-4-5-13(17)12(8-11)14(19)9-15(10-18)6-2-1-3-7-15/h4-5,8H,1-3,6-7,9-10,18H2. The predicted molar refractivity (Wildman–Crippen MR) is 80.0 cm³/mol. The van der Waals surface area contributed by atoms with Gasteiger partial charge in [-0.15, -0.1) is 0 Å². The van der Waals surface area contributed by atoms with Crippen LogP contribution in [-0.4, -0.2) is 12.3 Å². The smallest absolute Gasteiger partial charge is 0.165 e. The average molecular weight is 300 g/mol. The van der Waals surface area contributed by atoms with Crippen LogP contribution in [0.4, 0.5) is 0 Å². The van der Waals surface area contributed by atoms with Gasteiger partial charge in [-0.25, -0.2) is 0 Å². The minimum atomic E-state index is -0.0407. The van der Waals surface area contributed by atoms with E-state index >= 15 is 0 Å². The predicted octanol–water partition coefficient (Wildman–Crippen LogP) is 4.48. The maximum absolute atomic E-state index is 12.5. The molecule has 104 valence electrons. The highest BCUT2D eigenvalue weighted by Crippen LogP contribution is 2.39. The fraction of sp³-hybridized carbons (Fsp3) is 0.533. The summed E-state index contributed by atoms with van der Waals surface area (Å²) in [5.41, 5.74) is 6.40. The van der Waals surface area contributed by atoms with Crippen LogP contribution in [0.1, 0.15) is 48.9 Å². The molecule has 0 aliphatic heterocycles. The van der Waals surface area contributed by atoms with Gasteiger partial charge in [-0.05, 0) is 43.0 Å². The first-order valence-corrected chi connectivity index (χ1v) is 7.50. The number of benzene rings is 1. The molecular formula is C15H19Cl2NO. The van der Waals surface area contributed by atoms with Crippen LogP contribution in [0, 0.1) is 5.41 Å². The van der Waals surface area contributed by atoms with Crippen molar-refractivity contribution in [3.8, 4) is 0 Å². The molecule has 1 fully saturated rings. The number of ketones is 1. The van der Waals surface area contributed by atoms with Crippen LogP contribution in [-0.2, 0) is 0 Å². The van der Waals surface area contributed by atoms with Gasteiger partial charge in [-0.3, -0.25) is 4.79 Å². The van der Waals surface area contributed by atoms with Crippen molar-refractivity contribution in [3.05, 3.63) is 33.8 Å². The molecule has 0 radical (unpaired) electrons. The lowest BCUT2D eigenvalue weighted by Gasteiger charge is -2.35. The van der Waals surface area contributed by atoms with Gasteiger partial charge >= 0.3 is 0 Å². The monoisotopic (exact) mass is 299 g/mol. The quantitative estimate of drug-likeness (QED) is 0.833. The summed E-state index contributed by atoms with van der Waals surface area (Å²) in [6.45, 7) is 0.566. The van der Waals surface area contributed by atoms with Crippen LogP contribution in [0.3, 0.4) is 0 Å². The lowest BCUT2D eigenvalue weighted by atomic mass is 9.70. The topological polar surface area (TPSA) is 43.1 Å². The Kier molecular flexibility index (Phi) is 4.88. The number of Topliss-reactive ketones (excluding diaryl/α,β-unsaturated/α-hetero) is 1. The van der Waals surface area contributed by atoms with E-state index in [2.05, 4.69) is 0 Å². The van der Waals surface area contributed by atoms with Crippen molar-refractivity contribution in [2.75, 3.05) is 6.54 Å². The summed E-state index contributed by atoms with van der Waals surface area (Å²) in [4.78, 5) is 12.5. The highest BCUT2D eigenvalue weighted by molar-refractivity contribution is 6.35. The Bertz CT molecular complexity index is 467. The zero-order valence-corrected chi connectivity index (χ0v) is 12.4. The van der Waals surface area contributed by atoms with E-state index in [0.29, 0.717) is 28.6 Å². The number of carbonyl (C=O) groups is 1. The van der Waals surface area contributed by atoms with Gasteiger partial charge in [0.2, 0.25) is 0 Å². The third-order valence-electron chi connectivity index (χ3n) is 4.11. The van der Waals surface area contributed by atoms with Crippen LogP contribution in [0.15, 0.2) is 18.2 Å². The zero-order chi connectivity index (χ0) is 13.9. The van der Waals surface area contributed by atoms with Crippen LogP contribution in [0.2, 0.25) is 10.0 Å². The summed E-state index contributed by atoms with van der Waals surface area (Å²) in [5.74, 6) is 0.0554. The minimum absolute atomic E-state index is 0.0407. The van der Waals surface area contributed by atoms with Gasteiger partial charge in [0.05, 0.1) is 5.02 Å². The normalized spacial score (nSPS) is 18.3. The summed E-state index contributed by atoms with van der Waals surface area (Å²) >= 11 is 12.0. The molecule has 1 aromatic rings. The summed E-state index contributed by atoms with van der Waals surface area (Å²) in [6, 6.07) is 5.02. The van der Waals surface area contributed by atoms with Gasteiger partial charge in [-0.1, -0.05) is 42.5 Å². The van der Waals surface area contributed by atoms with E-state index in [4.69, 9.17) is 28.9 Å².